The van der Waals surface area contributed by atoms with E-state index >= 15 is 0 Å². The maximum atomic E-state index is 13.9. The Hall–Kier alpha value is -2.44. The van der Waals surface area contributed by atoms with Gasteiger partial charge in [0.25, 0.3) is 5.91 Å². The van der Waals surface area contributed by atoms with E-state index in [1.807, 2.05) is 23.6 Å². The number of aromatic nitrogens is 2. The van der Waals surface area contributed by atoms with Gasteiger partial charge in [0.2, 0.25) is 0 Å². The summed E-state index contributed by atoms with van der Waals surface area (Å²) in [5.74, 6) is -0.281. The molecule has 0 atom stereocenters. The predicted octanol–water partition coefficient (Wildman–Crippen LogP) is 3.74. The van der Waals surface area contributed by atoms with E-state index in [1.54, 1.807) is 18.0 Å². The monoisotopic (exact) mass is 403 g/mol. The van der Waals surface area contributed by atoms with Gasteiger partial charge in [-0.3, -0.25) is 4.79 Å². The number of halogens is 1. The van der Waals surface area contributed by atoms with Crippen molar-refractivity contribution in [3.05, 3.63) is 35.2 Å². The van der Waals surface area contributed by atoms with E-state index in [0.717, 1.165) is 42.5 Å². The minimum Gasteiger partial charge on any atom is -0.462 e. The topological polar surface area (TPSA) is 63.9 Å². The van der Waals surface area contributed by atoms with Gasteiger partial charge in [-0.05, 0) is 77.0 Å². The number of amides is 1. The normalized spacial score (nSPS) is 15.7. The van der Waals surface area contributed by atoms with Crippen LogP contribution >= 0.6 is 0 Å². The summed E-state index contributed by atoms with van der Waals surface area (Å²) >= 11 is 0. The molecule has 0 aromatic carbocycles. The van der Waals surface area contributed by atoms with Crippen molar-refractivity contribution in [2.24, 2.45) is 5.92 Å². The van der Waals surface area contributed by atoms with E-state index in [4.69, 9.17) is 4.74 Å². The molecule has 0 saturated carbocycles. The fraction of sp³-hybridized carbons (Fsp3) is 0.591. The summed E-state index contributed by atoms with van der Waals surface area (Å²) in [7, 11) is 0. The first-order chi connectivity index (χ1) is 13.7. The van der Waals surface area contributed by atoms with Crippen LogP contribution in [0.1, 0.15) is 61.6 Å². The molecule has 2 aromatic rings. The second-order valence-corrected chi connectivity index (χ2v) is 8.23. The van der Waals surface area contributed by atoms with Crippen molar-refractivity contribution in [2.75, 3.05) is 19.7 Å². The van der Waals surface area contributed by atoms with Gasteiger partial charge in [0.15, 0.2) is 5.67 Å². The van der Waals surface area contributed by atoms with Crippen LogP contribution in [-0.4, -0.2) is 51.8 Å². The highest BCUT2D eigenvalue weighted by atomic mass is 19.1. The molecule has 7 heteroatoms. The highest BCUT2D eigenvalue weighted by molar-refractivity contribution is 5.99. The van der Waals surface area contributed by atoms with Crippen molar-refractivity contribution in [1.29, 1.82) is 0 Å². The lowest BCUT2D eigenvalue weighted by Gasteiger charge is -2.34. The number of alkyl halides is 1. The highest BCUT2D eigenvalue weighted by Crippen LogP contribution is 2.28. The number of hydrogen-bond acceptors (Lipinski definition) is 4. The van der Waals surface area contributed by atoms with Gasteiger partial charge in [-0.25, -0.2) is 13.7 Å². The van der Waals surface area contributed by atoms with Crippen LogP contribution in [0, 0.1) is 12.8 Å². The van der Waals surface area contributed by atoms with Crippen molar-refractivity contribution in [3.8, 4) is 0 Å². The summed E-state index contributed by atoms with van der Waals surface area (Å²) < 4.78 is 21.0. The molecule has 29 heavy (non-hydrogen) atoms. The Kier molecular flexibility index (Phi) is 6.24. The van der Waals surface area contributed by atoms with Gasteiger partial charge in [0, 0.05) is 25.0 Å². The van der Waals surface area contributed by atoms with Crippen molar-refractivity contribution in [1.82, 2.24) is 14.5 Å². The lowest BCUT2D eigenvalue weighted by atomic mass is 9.90. The maximum absolute atomic E-state index is 13.9. The van der Waals surface area contributed by atoms with Gasteiger partial charge < -0.3 is 9.64 Å². The quantitative estimate of drug-likeness (QED) is 0.690. The number of aryl methyl sites for hydroxylation is 1. The molecule has 3 heterocycles. The number of likely N-dealkylation sites (tertiary alicyclic amines) is 1. The van der Waals surface area contributed by atoms with E-state index in [-0.39, 0.29) is 5.97 Å². The molecule has 3 rings (SSSR count). The second-order valence-electron chi connectivity index (χ2n) is 8.23. The predicted molar refractivity (Wildman–Crippen MR) is 109 cm³/mol. The Morgan fingerprint density at radius 1 is 1.31 bits per heavy atom. The number of piperidine rings is 1. The molecular formula is C22H30FN3O3. The molecule has 0 bridgehead atoms. The number of nitrogens with zero attached hydrogens (tertiary/aromatic N) is 3. The highest BCUT2D eigenvalue weighted by Gasteiger charge is 2.34. The summed E-state index contributed by atoms with van der Waals surface area (Å²) in [6.07, 6.45) is 5.17. The number of carbonyl (C=O) groups is 2. The van der Waals surface area contributed by atoms with Crippen LogP contribution in [-0.2, 0) is 16.0 Å². The van der Waals surface area contributed by atoms with Crippen LogP contribution in [0.3, 0.4) is 0 Å². The number of esters is 1. The Balaban J connectivity index is 1.70. The molecular weight excluding hydrogens is 373 g/mol. The second kappa shape index (κ2) is 8.51. The van der Waals surface area contributed by atoms with Crippen LogP contribution in [0.2, 0.25) is 0 Å². The lowest BCUT2D eigenvalue weighted by Crippen LogP contribution is -2.46. The fourth-order valence-corrected chi connectivity index (χ4v) is 4.17. The molecule has 158 valence electrons. The van der Waals surface area contributed by atoms with Crippen LogP contribution in [0.5, 0.6) is 0 Å². The molecule has 1 amide bonds. The standard InChI is InChI=1S/C22H30FN3O3/c1-5-29-20(27)19-15(2)17(26-18(19)7-6-12-24-26)9-8-16-10-13-25(14-11-16)21(28)22(3,4)23/h6-7,12,16H,5,8-11,13-14H2,1-4H3. The molecule has 0 N–H and O–H groups in total. The first kappa shape index (κ1) is 21.3. The third kappa shape index (κ3) is 4.43. The van der Waals surface area contributed by atoms with Gasteiger partial charge in [-0.1, -0.05) is 0 Å². The molecule has 0 aliphatic carbocycles. The maximum Gasteiger partial charge on any atom is 0.340 e. The third-order valence-electron chi connectivity index (χ3n) is 5.75. The minimum absolute atomic E-state index is 0.317. The minimum atomic E-state index is -1.82. The zero-order valence-electron chi connectivity index (χ0n) is 17.7. The van der Waals surface area contributed by atoms with E-state index in [2.05, 4.69) is 5.10 Å². The van der Waals surface area contributed by atoms with Crippen molar-refractivity contribution in [2.45, 2.75) is 59.0 Å². The number of carbonyl (C=O) groups excluding carboxylic acids is 2. The summed E-state index contributed by atoms with van der Waals surface area (Å²) in [5, 5.41) is 4.45. The van der Waals surface area contributed by atoms with Gasteiger partial charge in [0.1, 0.15) is 0 Å². The number of fused-ring (bicyclic) bond motifs is 1. The van der Waals surface area contributed by atoms with Crippen LogP contribution < -0.4 is 0 Å². The molecule has 1 aliphatic heterocycles. The van der Waals surface area contributed by atoms with Crippen molar-refractivity contribution >= 4 is 17.4 Å². The van der Waals surface area contributed by atoms with Crippen LogP contribution in [0.15, 0.2) is 18.3 Å². The Morgan fingerprint density at radius 3 is 2.62 bits per heavy atom. The Bertz CT molecular complexity index is 893. The summed E-state index contributed by atoms with van der Waals surface area (Å²) in [4.78, 5) is 26.2. The first-order valence-corrected chi connectivity index (χ1v) is 10.3. The van der Waals surface area contributed by atoms with Gasteiger partial charge in [0.05, 0.1) is 17.7 Å². The molecule has 0 unspecified atom stereocenters. The molecule has 1 fully saturated rings. The lowest BCUT2D eigenvalue weighted by molar-refractivity contribution is -0.143. The molecule has 6 nitrogen and oxygen atoms in total. The van der Waals surface area contributed by atoms with Crippen LogP contribution in [0.4, 0.5) is 4.39 Å². The molecule has 1 aliphatic rings. The van der Waals surface area contributed by atoms with Crippen molar-refractivity contribution in [3.63, 3.8) is 0 Å². The van der Waals surface area contributed by atoms with Gasteiger partial charge >= 0.3 is 5.97 Å². The Morgan fingerprint density at radius 2 is 2.00 bits per heavy atom. The van der Waals surface area contributed by atoms with E-state index in [0.29, 0.717) is 31.2 Å². The van der Waals surface area contributed by atoms with Gasteiger partial charge in [-0.2, -0.15) is 5.10 Å². The van der Waals surface area contributed by atoms with Crippen molar-refractivity contribution < 1.29 is 18.7 Å². The summed E-state index contributed by atoms with van der Waals surface area (Å²) in [5.41, 5.74) is 1.47. The third-order valence-corrected chi connectivity index (χ3v) is 5.75. The van der Waals surface area contributed by atoms with Crippen LogP contribution in [0.25, 0.3) is 5.52 Å². The average molecular weight is 403 g/mol. The molecule has 2 aromatic heterocycles. The molecule has 1 saturated heterocycles. The van der Waals surface area contributed by atoms with Gasteiger partial charge in [-0.15, -0.1) is 0 Å². The largest absolute Gasteiger partial charge is 0.462 e. The smallest absolute Gasteiger partial charge is 0.340 e. The molecule has 0 radical (unpaired) electrons. The SMILES string of the molecule is CCOC(=O)c1c(C)c(CCC2CCN(C(=O)C(C)(C)F)CC2)n2ncccc12. The Labute approximate surface area is 171 Å². The first-order valence-electron chi connectivity index (χ1n) is 10.3. The van der Waals surface area contributed by atoms with E-state index in [9.17, 15) is 14.0 Å². The number of hydrogen-bond donors (Lipinski definition) is 0. The number of ether oxygens (including phenoxy) is 1. The fourth-order valence-electron chi connectivity index (χ4n) is 4.17. The zero-order valence-corrected chi connectivity index (χ0v) is 17.7. The number of rotatable bonds is 6. The summed E-state index contributed by atoms with van der Waals surface area (Å²) in [6, 6.07) is 3.71. The summed E-state index contributed by atoms with van der Waals surface area (Å²) in [6.45, 7) is 7.89. The van der Waals surface area contributed by atoms with E-state index in [1.165, 1.54) is 13.8 Å². The average Bonchev–Trinajstić information content (AvgIpc) is 2.97. The van der Waals surface area contributed by atoms with E-state index < -0.39 is 11.6 Å². The molecule has 0 spiro atoms. The zero-order chi connectivity index (χ0) is 21.2.